The lowest BCUT2D eigenvalue weighted by molar-refractivity contribution is -0.485. The number of fused-ring (bicyclic) bond motifs is 1. The van der Waals surface area contributed by atoms with Gasteiger partial charge in [-0.05, 0) is 50.8 Å². The van der Waals surface area contributed by atoms with Crippen LogP contribution >= 0.6 is 0 Å². The molecule has 3 unspecified atom stereocenters. The first-order valence-corrected chi connectivity index (χ1v) is 15.2. The molecule has 48 heavy (non-hydrogen) atoms. The van der Waals surface area contributed by atoms with E-state index in [1.165, 1.54) is 7.11 Å². The highest BCUT2D eigenvalue weighted by atomic mass is 16.7. The third-order valence-corrected chi connectivity index (χ3v) is 6.99. The van der Waals surface area contributed by atoms with Crippen LogP contribution in [0, 0.1) is 10.1 Å². The molecule has 3 amide bonds. The molecule has 0 aliphatic rings. The number of nitrogens with zero attached hydrogens (tertiary/aromatic N) is 2. The minimum atomic E-state index is -1.21. The number of nitrogens with one attached hydrogen (secondary N) is 5. The van der Waals surface area contributed by atoms with E-state index in [1.54, 1.807) is 51.2 Å². The molecule has 3 atom stereocenters. The van der Waals surface area contributed by atoms with E-state index >= 15 is 0 Å². The number of H-pyrrole nitrogens is 1. The van der Waals surface area contributed by atoms with Gasteiger partial charge in [0.2, 0.25) is 11.8 Å². The van der Waals surface area contributed by atoms with Gasteiger partial charge in [0.15, 0.2) is 5.03 Å². The lowest BCUT2D eigenvalue weighted by Gasteiger charge is -2.26. The molecule has 0 fully saturated rings. The number of carbonyl (C=O) groups excluding carboxylic acids is 4. The number of nitro groups is 1. The number of nitrogens with two attached hydrogens (primary N) is 1. The van der Waals surface area contributed by atoms with Gasteiger partial charge >= 0.3 is 12.1 Å². The Morgan fingerprint density at radius 3 is 2.25 bits per heavy atom. The Kier molecular flexibility index (Phi) is 13.3. The summed E-state index contributed by atoms with van der Waals surface area (Å²) in [5.41, 5.74) is 7.01. The number of aromatic amines is 1. The summed E-state index contributed by atoms with van der Waals surface area (Å²) in [5, 5.41) is 24.0. The molecule has 258 valence electrons. The van der Waals surface area contributed by atoms with Crippen molar-refractivity contribution in [1.29, 1.82) is 0 Å². The van der Waals surface area contributed by atoms with Crippen LogP contribution in [0.2, 0.25) is 0 Å². The summed E-state index contributed by atoms with van der Waals surface area (Å²) in [6.45, 7) is 5.13. The van der Waals surface area contributed by atoms with Crippen LogP contribution in [0.5, 0.6) is 0 Å². The van der Waals surface area contributed by atoms with Crippen molar-refractivity contribution in [3.8, 4) is 0 Å². The number of methoxy groups -OCH3 is 1. The molecule has 0 bridgehead atoms. The van der Waals surface area contributed by atoms with Crippen LogP contribution < -0.4 is 27.0 Å². The van der Waals surface area contributed by atoms with Gasteiger partial charge in [-0.3, -0.25) is 9.59 Å². The van der Waals surface area contributed by atoms with Crippen LogP contribution in [0.3, 0.4) is 0 Å². The van der Waals surface area contributed by atoms with Gasteiger partial charge in [-0.1, -0.05) is 48.5 Å². The van der Waals surface area contributed by atoms with Gasteiger partial charge in [-0.25, -0.2) is 19.7 Å². The van der Waals surface area contributed by atoms with E-state index in [1.807, 2.05) is 30.3 Å². The number of esters is 1. The molecule has 16 nitrogen and oxygen atoms in total. The van der Waals surface area contributed by atoms with Crippen molar-refractivity contribution in [2.24, 2.45) is 10.8 Å². The number of hydrogen-bond donors (Lipinski definition) is 6. The first-order chi connectivity index (χ1) is 22.8. The second kappa shape index (κ2) is 17.3. The molecule has 3 rings (SSSR count). The highest BCUT2D eigenvalue weighted by Crippen LogP contribution is 2.19. The van der Waals surface area contributed by atoms with Crippen molar-refractivity contribution in [1.82, 2.24) is 26.3 Å². The molecular weight excluding hydrogens is 624 g/mol. The molecule has 0 saturated carbocycles. The number of alkyl carbamates (subject to hydrolysis) is 1. The lowest BCUT2D eigenvalue weighted by Crippen LogP contribution is -2.57. The highest BCUT2D eigenvalue weighted by Gasteiger charge is 2.31. The summed E-state index contributed by atoms with van der Waals surface area (Å²) >= 11 is 0. The van der Waals surface area contributed by atoms with E-state index in [4.69, 9.17) is 15.2 Å². The fraction of sp³-hybridized carbons (Fsp3) is 0.406. The number of hydrazone groups is 1. The third-order valence-electron chi connectivity index (χ3n) is 6.99. The molecular formula is C32H42N8O8. The van der Waals surface area contributed by atoms with Crippen LogP contribution in [-0.2, 0) is 36.7 Å². The first-order valence-electron chi connectivity index (χ1n) is 15.2. The van der Waals surface area contributed by atoms with Crippen LogP contribution in [0.4, 0.5) is 4.79 Å². The van der Waals surface area contributed by atoms with Gasteiger partial charge in [0, 0.05) is 36.5 Å². The fourth-order valence-electron chi connectivity index (χ4n) is 4.82. The second-order valence-electron chi connectivity index (χ2n) is 11.9. The number of ether oxygens (including phenoxy) is 2. The van der Waals surface area contributed by atoms with Gasteiger partial charge in [0.1, 0.15) is 28.8 Å². The van der Waals surface area contributed by atoms with Crippen LogP contribution in [0.25, 0.3) is 10.9 Å². The summed E-state index contributed by atoms with van der Waals surface area (Å²) in [6.07, 6.45) is 1.30. The normalized spacial score (nSPS) is 13.5. The zero-order chi connectivity index (χ0) is 35.3. The Bertz CT molecular complexity index is 1600. The van der Waals surface area contributed by atoms with Gasteiger partial charge < -0.3 is 41.5 Å². The van der Waals surface area contributed by atoms with Gasteiger partial charge in [0.05, 0.1) is 7.11 Å². The largest absolute Gasteiger partial charge is 0.467 e. The van der Waals surface area contributed by atoms with E-state index in [9.17, 15) is 29.3 Å². The molecule has 16 heteroatoms. The predicted octanol–water partition coefficient (Wildman–Crippen LogP) is 1.87. The van der Waals surface area contributed by atoms with Crippen LogP contribution in [-0.4, -0.2) is 77.2 Å². The van der Waals surface area contributed by atoms with Gasteiger partial charge in [0.25, 0.3) is 5.96 Å². The number of hydrogen-bond acceptors (Lipinski definition) is 8. The van der Waals surface area contributed by atoms with Crippen LogP contribution in [0.1, 0.15) is 44.7 Å². The predicted molar refractivity (Wildman–Crippen MR) is 177 cm³/mol. The molecule has 0 radical (unpaired) electrons. The molecule has 0 saturated heterocycles. The Hall–Kier alpha value is -5.67. The average Bonchev–Trinajstić information content (AvgIpc) is 3.43. The number of aromatic nitrogens is 1. The molecule has 1 aromatic heterocycles. The van der Waals surface area contributed by atoms with E-state index in [0.717, 1.165) is 22.0 Å². The van der Waals surface area contributed by atoms with Crippen molar-refractivity contribution in [3.05, 3.63) is 82.0 Å². The van der Waals surface area contributed by atoms with E-state index in [0.29, 0.717) is 0 Å². The molecule has 3 aromatic rings. The maximum absolute atomic E-state index is 13.8. The number of para-hydroxylation sites is 1. The van der Waals surface area contributed by atoms with E-state index in [2.05, 4.69) is 31.4 Å². The summed E-state index contributed by atoms with van der Waals surface area (Å²) in [7, 11) is 1.20. The van der Waals surface area contributed by atoms with Crippen molar-refractivity contribution in [3.63, 3.8) is 0 Å². The maximum Gasteiger partial charge on any atom is 0.408 e. The minimum Gasteiger partial charge on any atom is -0.467 e. The average molecular weight is 667 g/mol. The summed E-state index contributed by atoms with van der Waals surface area (Å²) < 4.78 is 10.3. The second-order valence-corrected chi connectivity index (χ2v) is 11.9. The van der Waals surface area contributed by atoms with Gasteiger partial charge in [-0.2, -0.15) is 0 Å². The number of benzene rings is 2. The summed E-state index contributed by atoms with van der Waals surface area (Å²) in [6, 6.07) is 13.0. The highest BCUT2D eigenvalue weighted by molar-refractivity contribution is 5.93. The molecule has 2 aromatic carbocycles. The quantitative estimate of drug-likeness (QED) is 0.0344. The SMILES string of the molecule is COC(=O)C(Cc1c[nH]c2ccccc12)NC(=O)C(CCCNC(N)=N[N+](=O)[O-])NC(=O)C(Cc1ccccc1)NC(=O)OC(C)(C)C. The van der Waals surface area contributed by atoms with Crippen molar-refractivity contribution < 1.29 is 33.7 Å². The first kappa shape index (κ1) is 36.8. The molecule has 7 N–H and O–H groups in total. The molecule has 0 aliphatic heterocycles. The van der Waals surface area contributed by atoms with E-state index in [-0.39, 0.29) is 32.2 Å². The minimum absolute atomic E-state index is 0.0157. The van der Waals surface area contributed by atoms with Crippen molar-refractivity contribution >= 4 is 40.7 Å². The van der Waals surface area contributed by atoms with E-state index < -0.39 is 58.6 Å². The zero-order valence-corrected chi connectivity index (χ0v) is 27.3. The van der Waals surface area contributed by atoms with Crippen molar-refractivity contribution in [2.45, 2.75) is 70.2 Å². The number of guanidine groups is 1. The summed E-state index contributed by atoms with van der Waals surface area (Å²) in [5.74, 6) is -2.50. The standard InChI is InChI=1S/C32H42N8O8/c1-32(2,3)48-31(44)38-25(17-20-11-6-5-7-12-20)28(42)36-24(15-10-16-34-30(33)39-40(45)46)27(41)37-26(29(43)47-4)18-21-19-35-23-14-9-8-13-22(21)23/h5-9,11-14,19,24-26,35H,10,15-18H2,1-4H3,(H,36,42)(H,37,41)(H,38,44)(H3,33,34,39). The van der Waals surface area contributed by atoms with Gasteiger partial charge in [-0.15, -0.1) is 0 Å². The Morgan fingerprint density at radius 1 is 0.938 bits per heavy atom. The monoisotopic (exact) mass is 666 g/mol. The number of rotatable bonds is 15. The molecule has 0 spiro atoms. The molecule has 0 aliphatic carbocycles. The number of carbonyl (C=O) groups is 4. The topological polar surface area (TPSA) is 232 Å². The zero-order valence-electron chi connectivity index (χ0n) is 27.3. The Balaban J connectivity index is 1.84. The molecule has 1 heterocycles. The van der Waals surface area contributed by atoms with Crippen LogP contribution in [0.15, 0.2) is 65.9 Å². The van der Waals surface area contributed by atoms with Crippen molar-refractivity contribution in [2.75, 3.05) is 13.7 Å². The lowest BCUT2D eigenvalue weighted by atomic mass is 10.0. The summed E-state index contributed by atoms with van der Waals surface area (Å²) in [4.78, 5) is 66.7. The smallest absolute Gasteiger partial charge is 0.408 e. The maximum atomic E-state index is 13.8. The fourth-order valence-corrected chi connectivity index (χ4v) is 4.82. The Morgan fingerprint density at radius 2 is 1.58 bits per heavy atom. The Labute approximate surface area is 277 Å². The number of amides is 3. The third kappa shape index (κ3) is 11.9.